The van der Waals surface area contributed by atoms with Crippen molar-refractivity contribution in [3.8, 4) is 0 Å². The van der Waals surface area contributed by atoms with E-state index in [0.29, 0.717) is 33.7 Å². The third-order valence-corrected chi connectivity index (χ3v) is 8.58. The maximum atomic E-state index is 13.4. The van der Waals surface area contributed by atoms with Gasteiger partial charge < -0.3 is 5.32 Å². The first-order chi connectivity index (χ1) is 16.6. The SMILES string of the molecule is Cc1ccc(S(=O)(=O)N2CCN([C@H](C(=O)Nc3cc(Cl)cc(Cl)c3)c3ccccc3)CC2)cc1C. The van der Waals surface area contributed by atoms with Crippen LogP contribution in [-0.4, -0.2) is 49.7 Å². The molecule has 3 aromatic carbocycles. The van der Waals surface area contributed by atoms with E-state index in [-0.39, 0.29) is 19.0 Å². The zero-order chi connectivity index (χ0) is 25.2. The monoisotopic (exact) mass is 531 g/mol. The number of aryl methyl sites for hydroxylation is 2. The average Bonchev–Trinajstić information content (AvgIpc) is 2.81. The molecule has 184 valence electrons. The number of piperazine rings is 1. The van der Waals surface area contributed by atoms with E-state index in [1.165, 1.54) is 4.31 Å². The van der Waals surface area contributed by atoms with E-state index in [0.717, 1.165) is 16.7 Å². The van der Waals surface area contributed by atoms with Crippen LogP contribution in [0.3, 0.4) is 0 Å². The van der Waals surface area contributed by atoms with Gasteiger partial charge in [0, 0.05) is 41.9 Å². The van der Waals surface area contributed by atoms with E-state index in [9.17, 15) is 13.2 Å². The highest BCUT2D eigenvalue weighted by atomic mass is 35.5. The van der Waals surface area contributed by atoms with Gasteiger partial charge in [-0.25, -0.2) is 8.42 Å². The number of amides is 1. The van der Waals surface area contributed by atoms with Gasteiger partial charge in [0.25, 0.3) is 0 Å². The molecule has 4 rings (SSSR count). The van der Waals surface area contributed by atoms with Crippen LogP contribution in [0.4, 0.5) is 5.69 Å². The predicted octanol–water partition coefficient (Wildman–Crippen LogP) is 5.30. The number of nitrogens with zero attached hydrogens (tertiary/aromatic N) is 2. The molecule has 1 atom stereocenters. The highest BCUT2D eigenvalue weighted by Crippen LogP contribution is 2.28. The molecule has 0 spiro atoms. The molecular formula is C26H27Cl2N3O3S. The number of halogens is 2. The van der Waals surface area contributed by atoms with Crippen LogP contribution in [0, 0.1) is 13.8 Å². The van der Waals surface area contributed by atoms with Gasteiger partial charge in [0.05, 0.1) is 4.90 Å². The van der Waals surface area contributed by atoms with Gasteiger partial charge in [0.1, 0.15) is 6.04 Å². The molecule has 35 heavy (non-hydrogen) atoms. The zero-order valence-electron chi connectivity index (χ0n) is 19.5. The highest BCUT2D eigenvalue weighted by molar-refractivity contribution is 7.89. The molecule has 1 aliphatic rings. The van der Waals surface area contributed by atoms with Crippen LogP contribution in [0.1, 0.15) is 22.7 Å². The fourth-order valence-corrected chi connectivity index (χ4v) is 6.26. The van der Waals surface area contributed by atoms with Gasteiger partial charge in [0.2, 0.25) is 15.9 Å². The molecule has 0 unspecified atom stereocenters. The Morgan fingerprint density at radius 3 is 2.09 bits per heavy atom. The van der Waals surface area contributed by atoms with E-state index in [2.05, 4.69) is 5.32 Å². The Morgan fingerprint density at radius 2 is 1.49 bits per heavy atom. The van der Waals surface area contributed by atoms with Crippen molar-refractivity contribution in [1.29, 1.82) is 0 Å². The molecule has 1 amide bonds. The normalized spacial score (nSPS) is 16.1. The van der Waals surface area contributed by atoms with Gasteiger partial charge in [-0.3, -0.25) is 9.69 Å². The minimum absolute atomic E-state index is 0.236. The summed E-state index contributed by atoms with van der Waals surface area (Å²) in [6, 6.07) is 18.9. The summed E-state index contributed by atoms with van der Waals surface area (Å²) in [5, 5.41) is 3.77. The smallest absolute Gasteiger partial charge is 0.246 e. The van der Waals surface area contributed by atoms with Gasteiger partial charge in [0.15, 0.2) is 0 Å². The van der Waals surface area contributed by atoms with Crippen molar-refractivity contribution in [3.63, 3.8) is 0 Å². The number of benzene rings is 3. The summed E-state index contributed by atoms with van der Waals surface area (Å²) in [4.78, 5) is 15.7. The summed E-state index contributed by atoms with van der Waals surface area (Å²) < 4.78 is 28.0. The summed E-state index contributed by atoms with van der Waals surface area (Å²) in [6.45, 7) is 5.25. The zero-order valence-corrected chi connectivity index (χ0v) is 21.9. The summed E-state index contributed by atoms with van der Waals surface area (Å²) in [6.07, 6.45) is 0. The number of hydrogen-bond acceptors (Lipinski definition) is 4. The molecule has 3 aromatic rings. The van der Waals surface area contributed by atoms with E-state index >= 15 is 0 Å². The lowest BCUT2D eigenvalue weighted by molar-refractivity contribution is -0.122. The molecule has 0 saturated carbocycles. The first-order valence-electron chi connectivity index (χ1n) is 11.3. The first kappa shape index (κ1) is 25.7. The predicted molar refractivity (Wildman–Crippen MR) is 141 cm³/mol. The third kappa shape index (κ3) is 5.88. The topological polar surface area (TPSA) is 69.7 Å². The molecule has 1 fully saturated rings. The van der Waals surface area contributed by atoms with E-state index in [4.69, 9.17) is 23.2 Å². The largest absolute Gasteiger partial charge is 0.324 e. The van der Waals surface area contributed by atoms with Crippen molar-refractivity contribution in [3.05, 3.63) is 93.5 Å². The maximum Gasteiger partial charge on any atom is 0.246 e. The van der Waals surface area contributed by atoms with Crippen LogP contribution in [0.2, 0.25) is 10.0 Å². The Balaban J connectivity index is 1.54. The van der Waals surface area contributed by atoms with Gasteiger partial charge in [-0.15, -0.1) is 0 Å². The van der Waals surface area contributed by atoms with Crippen molar-refractivity contribution in [2.45, 2.75) is 24.8 Å². The quantitative estimate of drug-likeness (QED) is 0.468. The summed E-state index contributed by atoms with van der Waals surface area (Å²) in [5.74, 6) is -0.236. The number of sulfonamides is 1. The second-order valence-electron chi connectivity index (χ2n) is 8.65. The van der Waals surface area contributed by atoms with Crippen LogP contribution in [0.5, 0.6) is 0 Å². The number of carbonyl (C=O) groups is 1. The molecule has 0 aromatic heterocycles. The van der Waals surface area contributed by atoms with Gasteiger partial charge >= 0.3 is 0 Å². The Bertz CT molecular complexity index is 1300. The number of rotatable bonds is 6. The van der Waals surface area contributed by atoms with Crippen LogP contribution in [-0.2, 0) is 14.8 Å². The minimum atomic E-state index is -3.62. The van der Waals surface area contributed by atoms with Gasteiger partial charge in [-0.05, 0) is 60.9 Å². The molecular weight excluding hydrogens is 505 g/mol. The van der Waals surface area contributed by atoms with Crippen molar-refractivity contribution in [2.75, 3.05) is 31.5 Å². The molecule has 1 saturated heterocycles. The summed E-state index contributed by atoms with van der Waals surface area (Å²) in [5.41, 5.74) is 3.31. The van der Waals surface area contributed by atoms with Crippen LogP contribution < -0.4 is 5.32 Å². The van der Waals surface area contributed by atoms with Crippen LogP contribution >= 0.6 is 23.2 Å². The lowest BCUT2D eigenvalue weighted by Crippen LogP contribution is -2.51. The van der Waals surface area contributed by atoms with Crippen molar-refractivity contribution in [2.24, 2.45) is 0 Å². The molecule has 1 N–H and O–H groups in total. The molecule has 1 heterocycles. The van der Waals surface area contributed by atoms with E-state index in [1.807, 2.05) is 55.1 Å². The Hall–Kier alpha value is -2.42. The lowest BCUT2D eigenvalue weighted by atomic mass is 10.0. The summed E-state index contributed by atoms with van der Waals surface area (Å²) >= 11 is 12.2. The molecule has 6 nitrogen and oxygen atoms in total. The fraction of sp³-hybridized carbons (Fsp3) is 0.269. The standard InChI is InChI=1S/C26H27Cl2N3O3S/c1-18-8-9-24(14-19(18)2)35(33,34)31-12-10-30(11-13-31)25(20-6-4-3-5-7-20)26(32)29-23-16-21(27)15-22(28)17-23/h3-9,14-17,25H,10-13H2,1-2H3,(H,29,32)/t25-/m0/s1. The van der Waals surface area contributed by atoms with Crippen molar-refractivity contribution >= 4 is 44.8 Å². The fourth-order valence-electron chi connectivity index (χ4n) is 4.23. The second-order valence-corrected chi connectivity index (χ2v) is 11.5. The number of carbonyl (C=O) groups excluding carboxylic acids is 1. The number of nitrogens with one attached hydrogen (secondary N) is 1. The minimum Gasteiger partial charge on any atom is -0.324 e. The summed E-state index contributed by atoms with van der Waals surface area (Å²) in [7, 11) is -3.62. The number of anilines is 1. The first-order valence-corrected chi connectivity index (χ1v) is 13.5. The Morgan fingerprint density at radius 1 is 0.857 bits per heavy atom. The van der Waals surface area contributed by atoms with Crippen LogP contribution in [0.25, 0.3) is 0 Å². The number of hydrogen-bond donors (Lipinski definition) is 1. The highest BCUT2D eigenvalue weighted by Gasteiger charge is 2.34. The molecule has 1 aliphatic heterocycles. The van der Waals surface area contributed by atoms with Gasteiger partial charge in [-0.1, -0.05) is 59.6 Å². The second kappa shape index (κ2) is 10.7. The molecule has 0 radical (unpaired) electrons. The lowest BCUT2D eigenvalue weighted by Gasteiger charge is -2.38. The molecule has 0 bridgehead atoms. The third-order valence-electron chi connectivity index (χ3n) is 6.25. The van der Waals surface area contributed by atoms with Crippen molar-refractivity contribution < 1.29 is 13.2 Å². The van der Waals surface area contributed by atoms with Crippen LogP contribution in [0.15, 0.2) is 71.6 Å². The molecule has 9 heteroatoms. The average molecular weight is 532 g/mol. The van der Waals surface area contributed by atoms with E-state index < -0.39 is 16.1 Å². The van der Waals surface area contributed by atoms with Gasteiger partial charge in [-0.2, -0.15) is 4.31 Å². The maximum absolute atomic E-state index is 13.4. The Kier molecular flexibility index (Phi) is 7.83. The van der Waals surface area contributed by atoms with E-state index in [1.54, 1.807) is 30.3 Å². The Labute approximate surface area is 216 Å². The molecule has 0 aliphatic carbocycles. The van der Waals surface area contributed by atoms with Crippen molar-refractivity contribution in [1.82, 2.24) is 9.21 Å².